The summed E-state index contributed by atoms with van der Waals surface area (Å²) in [6.07, 6.45) is 8.34. The van der Waals surface area contributed by atoms with Gasteiger partial charge in [-0.15, -0.1) is 0 Å². The van der Waals surface area contributed by atoms with Crippen molar-refractivity contribution in [1.82, 2.24) is 9.97 Å². The van der Waals surface area contributed by atoms with Crippen molar-refractivity contribution in [3.8, 4) is 0 Å². The lowest BCUT2D eigenvalue weighted by Gasteiger charge is -2.20. The fraction of sp³-hybridized carbons (Fsp3) is 0.500. The maximum atomic E-state index is 13.4. The molecule has 1 aromatic carbocycles. The first-order valence-electron chi connectivity index (χ1n) is 7.55. The summed E-state index contributed by atoms with van der Waals surface area (Å²) in [6, 6.07) is 2.33. The fourth-order valence-electron chi connectivity index (χ4n) is 3.23. The van der Waals surface area contributed by atoms with Crippen LogP contribution in [0.1, 0.15) is 54.7 Å². The molecule has 5 heteroatoms. The van der Waals surface area contributed by atoms with E-state index in [1.807, 2.05) is 0 Å². The van der Waals surface area contributed by atoms with Crippen molar-refractivity contribution in [2.45, 2.75) is 44.9 Å². The van der Waals surface area contributed by atoms with Crippen LogP contribution in [0, 0.1) is 11.7 Å². The van der Waals surface area contributed by atoms with Gasteiger partial charge in [-0.1, -0.05) is 32.1 Å². The summed E-state index contributed by atoms with van der Waals surface area (Å²) >= 11 is 0. The van der Waals surface area contributed by atoms with Crippen LogP contribution in [0.5, 0.6) is 0 Å². The molecule has 0 spiro atoms. The van der Waals surface area contributed by atoms with Crippen LogP contribution < -0.4 is 0 Å². The van der Waals surface area contributed by atoms with Gasteiger partial charge in [0.05, 0.1) is 11.1 Å². The van der Waals surface area contributed by atoms with Crippen LogP contribution in [0.2, 0.25) is 0 Å². The van der Waals surface area contributed by atoms with Gasteiger partial charge >= 0.3 is 5.97 Å². The number of fused-ring (bicyclic) bond motifs is 1. The largest absolute Gasteiger partial charge is 0.478 e. The van der Waals surface area contributed by atoms with Gasteiger partial charge in [-0.2, -0.15) is 0 Å². The topological polar surface area (TPSA) is 66.0 Å². The SMILES string of the molecule is O=C(O)c1cc(F)cc2[nH]c(CCC3CCCCC3)nc12. The minimum absolute atomic E-state index is 0.0785. The number of benzene rings is 1. The number of aromatic nitrogens is 2. The molecular formula is C16H19FN2O2. The number of carboxylic acids is 1. The third kappa shape index (κ3) is 3.06. The van der Waals surface area contributed by atoms with Crippen molar-refractivity contribution in [2.24, 2.45) is 5.92 Å². The molecule has 3 rings (SSSR count). The number of H-pyrrole nitrogens is 1. The Morgan fingerprint density at radius 2 is 2.10 bits per heavy atom. The minimum Gasteiger partial charge on any atom is -0.478 e. The third-order valence-electron chi connectivity index (χ3n) is 4.34. The van der Waals surface area contributed by atoms with Crippen LogP contribution >= 0.6 is 0 Å². The lowest BCUT2D eigenvalue weighted by Crippen LogP contribution is -2.07. The van der Waals surface area contributed by atoms with Gasteiger partial charge < -0.3 is 10.1 Å². The number of hydrogen-bond acceptors (Lipinski definition) is 2. The van der Waals surface area contributed by atoms with E-state index in [-0.39, 0.29) is 5.56 Å². The van der Waals surface area contributed by atoms with Crippen molar-refractivity contribution in [1.29, 1.82) is 0 Å². The van der Waals surface area contributed by atoms with Gasteiger partial charge in [0, 0.05) is 6.42 Å². The Hall–Kier alpha value is -1.91. The Bertz CT molecular complexity index is 660. The molecule has 2 aromatic rings. The number of nitrogens with one attached hydrogen (secondary N) is 1. The first-order chi connectivity index (χ1) is 10.1. The van der Waals surface area contributed by atoms with Gasteiger partial charge in [0.15, 0.2) is 0 Å². The van der Waals surface area contributed by atoms with Crippen molar-refractivity contribution >= 4 is 17.0 Å². The quantitative estimate of drug-likeness (QED) is 0.897. The summed E-state index contributed by atoms with van der Waals surface area (Å²) < 4.78 is 13.4. The third-order valence-corrected chi connectivity index (χ3v) is 4.34. The Balaban J connectivity index is 1.80. The molecule has 21 heavy (non-hydrogen) atoms. The molecule has 1 aliphatic carbocycles. The second-order valence-corrected chi connectivity index (χ2v) is 5.88. The smallest absolute Gasteiger partial charge is 0.338 e. The van der Waals surface area contributed by atoms with Crippen molar-refractivity contribution in [3.63, 3.8) is 0 Å². The predicted octanol–water partition coefficient (Wildman–Crippen LogP) is 3.91. The number of rotatable bonds is 4. The summed E-state index contributed by atoms with van der Waals surface area (Å²) in [5, 5.41) is 9.13. The molecule has 0 amide bonds. The Kier molecular flexibility index (Phi) is 3.90. The zero-order valence-electron chi connectivity index (χ0n) is 11.9. The molecular weight excluding hydrogens is 271 g/mol. The van der Waals surface area contributed by atoms with E-state index < -0.39 is 11.8 Å². The molecule has 4 nitrogen and oxygen atoms in total. The fourth-order valence-corrected chi connectivity index (χ4v) is 3.23. The summed E-state index contributed by atoms with van der Waals surface area (Å²) in [7, 11) is 0. The van der Waals surface area contributed by atoms with E-state index in [1.54, 1.807) is 0 Å². The molecule has 0 radical (unpaired) electrons. The number of aromatic amines is 1. The Morgan fingerprint density at radius 3 is 2.81 bits per heavy atom. The molecule has 0 atom stereocenters. The Labute approximate surface area is 122 Å². The number of carboxylic acid groups (broad SMARTS) is 1. The van der Waals surface area contributed by atoms with Gasteiger partial charge in [-0.05, 0) is 24.5 Å². The lowest BCUT2D eigenvalue weighted by molar-refractivity contribution is 0.0698. The molecule has 0 aliphatic heterocycles. The molecule has 1 aliphatic rings. The first-order valence-corrected chi connectivity index (χ1v) is 7.55. The summed E-state index contributed by atoms with van der Waals surface area (Å²) in [5.74, 6) is -0.210. The second kappa shape index (κ2) is 5.84. The van der Waals surface area contributed by atoms with E-state index in [2.05, 4.69) is 9.97 Å². The first kappa shape index (κ1) is 14.0. The lowest BCUT2D eigenvalue weighted by atomic mass is 9.86. The van der Waals surface area contributed by atoms with E-state index in [9.17, 15) is 9.18 Å². The maximum Gasteiger partial charge on any atom is 0.338 e. The molecule has 1 saturated carbocycles. The van der Waals surface area contributed by atoms with Crippen LogP contribution in [0.4, 0.5) is 4.39 Å². The van der Waals surface area contributed by atoms with Crippen LogP contribution in [0.15, 0.2) is 12.1 Å². The number of halogens is 1. The average molecular weight is 290 g/mol. The molecule has 112 valence electrons. The molecule has 0 bridgehead atoms. The average Bonchev–Trinajstić information content (AvgIpc) is 2.87. The van der Waals surface area contributed by atoms with Gasteiger partial charge in [0.1, 0.15) is 17.2 Å². The highest BCUT2D eigenvalue weighted by Gasteiger charge is 2.17. The van der Waals surface area contributed by atoms with Crippen molar-refractivity contribution < 1.29 is 14.3 Å². The van der Waals surface area contributed by atoms with Gasteiger partial charge in [0.2, 0.25) is 0 Å². The van der Waals surface area contributed by atoms with E-state index in [4.69, 9.17) is 5.11 Å². The maximum absolute atomic E-state index is 13.4. The highest BCUT2D eigenvalue weighted by atomic mass is 19.1. The molecule has 1 fully saturated rings. The highest BCUT2D eigenvalue weighted by Crippen LogP contribution is 2.27. The molecule has 0 saturated heterocycles. The number of aromatic carboxylic acids is 1. The van der Waals surface area contributed by atoms with Crippen LogP contribution in [0.3, 0.4) is 0 Å². The molecule has 1 heterocycles. The summed E-state index contributed by atoms with van der Waals surface area (Å²) in [5.41, 5.74) is 0.735. The number of hydrogen-bond donors (Lipinski definition) is 2. The van der Waals surface area contributed by atoms with Crippen LogP contribution in [-0.4, -0.2) is 21.0 Å². The van der Waals surface area contributed by atoms with Gasteiger partial charge in [-0.25, -0.2) is 14.2 Å². The standard InChI is InChI=1S/C16H19FN2O2/c17-11-8-12(16(20)21)15-13(9-11)18-14(19-15)7-6-10-4-2-1-3-5-10/h8-10H,1-7H2,(H,18,19)(H,20,21). The number of carbonyl (C=O) groups is 1. The number of aryl methyl sites for hydroxylation is 1. The summed E-state index contributed by atoms with van der Waals surface area (Å²) in [6.45, 7) is 0. The normalized spacial score (nSPS) is 16.4. The molecule has 2 N–H and O–H groups in total. The monoisotopic (exact) mass is 290 g/mol. The molecule has 1 aromatic heterocycles. The van der Waals surface area contributed by atoms with Crippen molar-refractivity contribution in [2.75, 3.05) is 0 Å². The zero-order valence-corrected chi connectivity index (χ0v) is 11.9. The van der Waals surface area contributed by atoms with Crippen molar-refractivity contribution in [3.05, 3.63) is 29.3 Å². The zero-order chi connectivity index (χ0) is 14.8. The van der Waals surface area contributed by atoms with Gasteiger partial charge in [-0.3, -0.25) is 0 Å². The Morgan fingerprint density at radius 1 is 1.33 bits per heavy atom. The molecule has 0 unspecified atom stereocenters. The van der Waals surface area contributed by atoms with Crippen LogP contribution in [0.25, 0.3) is 11.0 Å². The van der Waals surface area contributed by atoms with E-state index in [1.165, 1.54) is 38.2 Å². The summed E-state index contributed by atoms with van der Waals surface area (Å²) in [4.78, 5) is 18.6. The number of imidazole rings is 1. The van der Waals surface area contributed by atoms with Gasteiger partial charge in [0.25, 0.3) is 0 Å². The van der Waals surface area contributed by atoms with Crippen LogP contribution in [-0.2, 0) is 6.42 Å². The van der Waals surface area contributed by atoms with E-state index in [0.29, 0.717) is 11.0 Å². The van der Waals surface area contributed by atoms with E-state index in [0.717, 1.165) is 30.7 Å². The number of nitrogens with zero attached hydrogens (tertiary/aromatic N) is 1. The second-order valence-electron chi connectivity index (χ2n) is 5.88. The van der Waals surface area contributed by atoms with E-state index >= 15 is 0 Å². The highest BCUT2D eigenvalue weighted by molar-refractivity contribution is 6.00. The predicted molar refractivity (Wildman–Crippen MR) is 77.9 cm³/mol. The minimum atomic E-state index is -1.15.